The van der Waals surface area contributed by atoms with E-state index in [1.807, 2.05) is 0 Å². The van der Waals surface area contributed by atoms with Crippen molar-refractivity contribution in [3.05, 3.63) is 29.8 Å². The van der Waals surface area contributed by atoms with Crippen molar-refractivity contribution in [2.45, 2.75) is 19.3 Å². The van der Waals surface area contributed by atoms with E-state index in [2.05, 4.69) is 5.32 Å². The molecule has 0 aromatic heterocycles. The van der Waals surface area contributed by atoms with Gasteiger partial charge in [0.25, 0.3) is 5.91 Å². The van der Waals surface area contributed by atoms with Gasteiger partial charge < -0.3 is 15.2 Å². The number of carboxylic acid groups (broad SMARTS) is 1. The molecule has 0 unspecified atom stereocenters. The van der Waals surface area contributed by atoms with Crippen molar-refractivity contribution in [1.29, 1.82) is 0 Å². The van der Waals surface area contributed by atoms with Gasteiger partial charge in [-0.3, -0.25) is 9.59 Å². The van der Waals surface area contributed by atoms with Gasteiger partial charge in [0, 0.05) is 12.1 Å². The lowest BCUT2D eigenvalue weighted by atomic mass is 9.69. The minimum absolute atomic E-state index is 0.179. The van der Waals surface area contributed by atoms with Gasteiger partial charge in [-0.15, -0.1) is 0 Å². The zero-order valence-electron chi connectivity index (χ0n) is 10.8. The molecule has 1 aromatic rings. The van der Waals surface area contributed by atoms with E-state index >= 15 is 0 Å². The van der Waals surface area contributed by atoms with Crippen molar-refractivity contribution in [2.24, 2.45) is 5.41 Å². The van der Waals surface area contributed by atoms with E-state index in [0.717, 1.165) is 6.42 Å². The molecule has 0 spiro atoms. The molecule has 5 heteroatoms. The second-order valence-corrected chi connectivity index (χ2v) is 4.85. The number of amides is 1. The first-order valence-corrected chi connectivity index (χ1v) is 6.23. The fourth-order valence-electron chi connectivity index (χ4n) is 2.19. The minimum atomic E-state index is -0.829. The second-order valence-electron chi connectivity index (χ2n) is 4.85. The summed E-state index contributed by atoms with van der Waals surface area (Å²) in [4.78, 5) is 23.1. The van der Waals surface area contributed by atoms with Crippen LogP contribution < -0.4 is 10.1 Å². The van der Waals surface area contributed by atoms with Crippen LogP contribution in [-0.4, -0.2) is 30.6 Å². The molecule has 1 fully saturated rings. The maximum Gasteiger partial charge on any atom is 0.311 e. The van der Waals surface area contributed by atoms with Gasteiger partial charge >= 0.3 is 5.97 Å². The molecule has 1 aromatic carbocycles. The summed E-state index contributed by atoms with van der Waals surface area (Å²) in [5, 5.41) is 11.9. The number of carboxylic acids is 1. The fourth-order valence-corrected chi connectivity index (χ4v) is 2.19. The first-order valence-electron chi connectivity index (χ1n) is 6.23. The Labute approximate surface area is 111 Å². The molecule has 5 nitrogen and oxygen atoms in total. The summed E-state index contributed by atoms with van der Waals surface area (Å²) in [7, 11) is 1.53. The molecule has 1 aliphatic carbocycles. The van der Waals surface area contributed by atoms with Crippen molar-refractivity contribution >= 4 is 11.9 Å². The van der Waals surface area contributed by atoms with E-state index in [9.17, 15) is 14.7 Å². The van der Waals surface area contributed by atoms with E-state index in [1.165, 1.54) is 7.11 Å². The maximum absolute atomic E-state index is 12.0. The zero-order valence-corrected chi connectivity index (χ0v) is 10.8. The Kier molecular flexibility index (Phi) is 3.74. The Hall–Kier alpha value is -2.04. The third-order valence-corrected chi connectivity index (χ3v) is 3.68. The number of carbonyl (C=O) groups is 2. The molecule has 2 rings (SSSR count). The Bertz CT molecular complexity index is 494. The molecule has 0 aliphatic heterocycles. The summed E-state index contributed by atoms with van der Waals surface area (Å²) < 4.78 is 5.05. The summed E-state index contributed by atoms with van der Waals surface area (Å²) in [5.74, 6) is -0.500. The van der Waals surface area contributed by atoms with Gasteiger partial charge in [-0.2, -0.15) is 0 Å². The Morgan fingerprint density at radius 1 is 1.42 bits per heavy atom. The molecule has 0 radical (unpaired) electrons. The molecule has 2 N–H and O–H groups in total. The number of nitrogens with one attached hydrogen (secondary N) is 1. The molecule has 1 aliphatic rings. The van der Waals surface area contributed by atoms with Crippen LogP contribution in [0.3, 0.4) is 0 Å². The molecule has 102 valence electrons. The van der Waals surface area contributed by atoms with Crippen LogP contribution in [0.1, 0.15) is 29.6 Å². The van der Waals surface area contributed by atoms with Crippen LogP contribution in [0.15, 0.2) is 24.3 Å². The lowest BCUT2D eigenvalue weighted by Gasteiger charge is -2.37. The number of hydrogen-bond donors (Lipinski definition) is 2. The standard InChI is InChI=1S/C14H17NO4/c1-19-11-5-2-4-10(8-11)12(16)15-9-14(13(17)18)6-3-7-14/h2,4-5,8H,3,6-7,9H2,1H3,(H,15,16)(H,17,18). The number of ether oxygens (including phenoxy) is 1. The largest absolute Gasteiger partial charge is 0.497 e. The molecule has 0 heterocycles. The summed E-state index contributed by atoms with van der Waals surface area (Å²) in [6.45, 7) is 0.179. The first kappa shape index (κ1) is 13.4. The van der Waals surface area contributed by atoms with Crippen LogP contribution in [0.4, 0.5) is 0 Å². The van der Waals surface area contributed by atoms with Crippen LogP contribution in [0.5, 0.6) is 5.75 Å². The van der Waals surface area contributed by atoms with E-state index < -0.39 is 11.4 Å². The third kappa shape index (κ3) is 2.70. The molecule has 0 atom stereocenters. The van der Waals surface area contributed by atoms with Gasteiger partial charge in [-0.25, -0.2) is 0 Å². The summed E-state index contributed by atoms with van der Waals surface area (Å²) >= 11 is 0. The van der Waals surface area contributed by atoms with Crippen LogP contribution in [0.2, 0.25) is 0 Å². The zero-order chi connectivity index (χ0) is 13.9. The van der Waals surface area contributed by atoms with Gasteiger partial charge in [-0.1, -0.05) is 12.5 Å². The van der Waals surface area contributed by atoms with Crippen LogP contribution >= 0.6 is 0 Å². The van der Waals surface area contributed by atoms with Gasteiger partial charge in [-0.05, 0) is 31.0 Å². The van der Waals surface area contributed by atoms with E-state index in [0.29, 0.717) is 24.2 Å². The van der Waals surface area contributed by atoms with Crippen LogP contribution in [-0.2, 0) is 4.79 Å². The van der Waals surface area contributed by atoms with Gasteiger partial charge in [0.15, 0.2) is 0 Å². The number of methoxy groups -OCH3 is 1. The average molecular weight is 263 g/mol. The third-order valence-electron chi connectivity index (χ3n) is 3.68. The van der Waals surface area contributed by atoms with Crippen molar-refractivity contribution in [2.75, 3.05) is 13.7 Å². The Morgan fingerprint density at radius 3 is 2.68 bits per heavy atom. The smallest absolute Gasteiger partial charge is 0.311 e. The molecule has 1 saturated carbocycles. The van der Waals surface area contributed by atoms with Gasteiger partial charge in [0.2, 0.25) is 0 Å². The van der Waals surface area contributed by atoms with E-state index in [4.69, 9.17) is 4.74 Å². The van der Waals surface area contributed by atoms with Crippen LogP contribution in [0, 0.1) is 5.41 Å². The van der Waals surface area contributed by atoms with Gasteiger partial charge in [0.05, 0.1) is 12.5 Å². The lowest BCUT2D eigenvalue weighted by Crippen LogP contribution is -2.47. The molecular weight excluding hydrogens is 246 g/mol. The average Bonchev–Trinajstić information content (AvgIpc) is 2.37. The highest BCUT2D eigenvalue weighted by atomic mass is 16.5. The molecule has 19 heavy (non-hydrogen) atoms. The van der Waals surface area contributed by atoms with Crippen molar-refractivity contribution in [1.82, 2.24) is 5.32 Å². The monoisotopic (exact) mass is 263 g/mol. The molecule has 0 bridgehead atoms. The summed E-state index contributed by atoms with van der Waals surface area (Å²) in [6.07, 6.45) is 2.16. The fraction of sp³-hybridized carbons (Fsp3) is 0.429. The maximum atomic E-state index is 12.0. The van der Waals surface area contributed by atoms with Crippen molar-refractivity contribution < 1.29 is 19.4 Å². The minimum Gasteiger partial charge on any atom is -0.497 e. The van der Waals surface area contributed by atoms with Crippen molar-refractivity contribution in [3.8, 4) is 5.75 Å². The number of carbonyl (C=O) groups excluding carboxylic acids is 1. The van der Waals surface area contributed by atoms with E-state index in [-0.39, 0.29) is 12.5 Å². The van der Waals surface area contributed by atoms with E-state index in [1.54, 1.807) is 24.3 Å². The van der Waals surface area contributed by atoms with Gasteiger partial charge in [0.1, 0.15) is 5.75 Å². The topological polar surface area (TPSA) is 75.6 Å². The number of hydrogen-bond acceptors (Lipinski definition) is 3. The number of rotatable bonds is 5. The molecule has 0 saturated heterocycles. The highest BCUT2D eigenvalue weighted by molar-refractivity contribution is 5.95. The predicted octanol–water partition coefficient (Wildman–Crippen LogP) is 1.68. The van der Waals surface area contributed by atoms with Crippen molar-refractivity contribution in [3.63, 3.8) is 0 Å². The first-order chi connectivity index (χ1) is 9.07. The van der Waals surface area contributed by atoms with Crippen LogP contribution in [0.25, 0.3) is 0 Å². The number of aliphatic carboxylic acids is 1. The molecular formula is C14H17NO4. The molecule has 1 amide bonds. The second kappa shape index (κ2) is 5.30. The lowest BCUT2D eigenvalue weighted by molar-refractivity contribution is -0.153. The quantitative estimate of drug-likeness (QED) is 0.847. The normalized spacial score (nSPS) is 16.3. The predicted molar refractivity (Wildman–Crippen MR) is 69.2 cm³/mol. The summed E-state index contributed by atoms with van der Waals surface area (Å²) in [6, 6.07) is 6.78. The highest BCUT2D eigenvalue weighted by Crippen LogP contribution is 2.40. The summed E-state index contributed by atoms with van der Waals surface area (Å²) in [5.41, 5.74) is -0.298. The highest BCUT2D eigenvalue weighted by Gasteiger charge is 2.44. The SMILES string of the molecule is COc1cccc(C(=O)NCC2(C(=O)O)CCC2)c1. The number of benzene rings is 1. The Balaban J connectivity index is 1.99. The Morgan fingerprint density at radius 2 is 2.16 bits per heavy atom.